The van der Waals surface area contributed by atoms with Crippen molar-refractivity contribution in [3.8, 4) is 5.75 Å². The van der Waals surface area contributed by atoms with Crippen molar-refractivity contribution < 1.29 is 13.5 Å². The molecule has 0 bridgehead atoms. The Bertz CT molecular complexity index is 329. The summed E-state index contributed by atoms with van der Waals surface area (Å²) in [5.41, 5.74) is 5.68. The summed E-state index contributed by atoms with van der Waals surface area (Å²) in [7, 11) is 0. The first-order valence-corrected chi connectivity index (χ1v) is 4.60. The fourth-order valence-corrected chi connectivity index (χ4v) is 1.11. The molecule has 0 aromatic heterocycles. The summed E-state index contributed by atoms with van der Waals surface area (Å²) >= 11 is 0. The Kier molecular flexibility index (Phi) is 4.24. The van der Waals surface area contributed by atoms with Gasteiger partial charge in [0.2, 0.25) is 0 Å². The maximum atomic E-state index is 13.3. The van der Waals surface area contributed by atoms with Crippen molar-refractivity contribution in [3.63, 3.8) is 0 Å². The van der Waals surface area contributed by atoms with Crippen LogP contribution in [0.25, 0.3) is 0 Å². The summed E-state index contributed by atoms with van der Waals surface area (Å²) in [6.45, 7) is 3.79. The number of benzene rings is 1. The molecule has 0 spiro atoms. The first-order chi connectivity index (χ1) is 7.19. The largest absolute Gasteiger partial charge is 0.487 e. The van der Waals surface area contributed by atoms with E-state index < -0.39 is 11.6 Å². The standard InChI is InChI=1S/C11H13F2NO/c1-2-3-4-15-11-9(12)5-8(7-14)6-10(11)13/h2,5-6H,1,3-4,7,14H2. The summed E-state index contributed by atoms with van der Waals surface area (Å²) in [4.78, 5) is 0. The summed E-state index contributed by atoms with van der Waals surface area (Å²) in [5, 5.41) is 0. The van der Waals surface area contributed by atoms with Gasteiger partial charge in [-0.15, -0.1) is 6.58 Å². The van der Waals surface area contributed by atoms with E-state index in [-0.39, 0.29) is 18.9 Å². The molecule has 15 heavy (non-hydrogen) atoms. The second-order valence-electron chi connectivity index (χ2n) is 3.02. The molecule has 0 unspecified atom stereocenters. The molecular weight excluding hydrogens is 200 g/mol. The summed E-state index contributed by atoms with van der Waals surface area (Å²) in [6, 6.07) is 2.35. The van der Waals surface area contributed by atoms with Crippen LogP contribution in [-0.2, 0) is 6.54 Å². The van der Waals surface area contributed by atoms with E-state index in [1.165, 1.54) is 12.1 Å². The van der Waals surface area contributed by atoms with Crippen LogP contribution in [-0.4, -0.2) is 6.61 Å². The number of halogens is 2. The molecule has 0 amide bonds. The molecule has 0 saturated carbocycles. The zero-order chi connectivity index (χ0) is 11.3. The second-order valence-corrected chi connectivity index (χ2v) is 3.02. The summed E-state index contributed by atoms with van der Waals surface area (Å²) in [6.07, 6.45) is 2.15. The lowest BCUT2D eigenvalue weighted by molar-refractivity contribution is 0.290. The molecule has 4 heteroatoms. The molecule has 0 aliphatic heterocycles. The van der Waals surface area contributed by atoms with E-state index in [0.29, 0.717) is 12.0 Å². The topological polar surface area (TPSA) is 35.2 Å². The monoisotopic (exact) mass is 213 g/mol. The van der Waals surface area contributed by atoms with Gasteiger partial charge >= 0.3 is 0 Å². The van der Waals surface area contributed by atoms with E-state index in [1.54, 1.807) is 6.08 Å². The van der Waals surface area contributed by atoms with Crippen LogP contribution in [0, 0.1) is 11.6 Å². The molecule has 0 aliphatic carbocycles. The molecule has 2 nitrogen and oxygen atoms in total. The van der Waals surface area contributed by atoms with Crippen LogP contribution in [0.4, 0.5) is 8.78 Å². The third-order valence-electron chi connectivity index (χ3n) is 1.86. The highest BCUT2D eigenvalue weighted by Crippen LogP contribution is 2.23. The normalized spacial score (nSPS) is 10.1. The predicted octanol–water partition coefficient (Wildman–Crippen LogP) is 2.38. The molecule has 0 aliphatic rings. The molecule has 0 heterocycles. The average molecular weight is 213 g/mol. The molecule has 1 aromatic carbocycles. The van der Waals surface area contributed by atoms with Gasteiger partial charge in [0.05, 0.1) is 6.61 Å². The van der Waals surface area contributed by atoms with E-state index in [0.717, 1.165) is 0 Å². The number of hydrogen-bond donors (Lipinski definition) is 1. The minimum Gasteiger partial charge on any atom is -0.487 e. The van der Waals surface area contributed by atoms with Crippen molar-refractivity contribution in [3.05, 3.63) is 42.0 Å². The van der Waals surface area contributed by atoms with Crippen molar-refractivity contribution in [1.82, 2.24) is 0 Å². The summed E-state index contributed by atoms with van der Waals surface area (Å²) < 4.78 is 31.5. The minimum atomic E-state index is -0.723. The highest BCUT2D eigenvalue weighted by molar-refractivity contribution is 5.31. The van der Waals surface area contributed by atoms with E-state index >= 15 is 0 Å². The number of hydrogen-bond acceptors (Lipinski definition) is 2. The highest BCUT2D eigenvalue weighted by atomic mass is 19.1. The van der Waals surface area contributed by atoms with Gasteiger partial charge in [0, 0.05) is 6.54 Å². The van der Waals surface area contributed by atoms with Crippen molar-refractivity contribution in [2.24, 2.45) is 5.73 Å². The Balaban J connectivity index is 2.83. The van der Waals surface area contributed by atoms with Gasteiger partial charge in [-0.3, -0.25) is 0 Å². The van der Waals surface area contributed by atoms with Gasteiger partial charge in [-0.25, -0.2) is 8.78 Å². The van der Waals surface area contributed by atoms with Crippen molar-refractivity contribution in [2.75, 3.05) is 6.61 Å². The Morgan fingerprint density at radius 1 is 1.33 bits per heavy atom. The van der Waals surface area contributed by atoms with E-state index in [1.807, 2.05) is 0 Å². The van der Waals surface area contributed by atoms with Gasteiger partial charge in [-0.2, -0.15) is 0 Å². The molecule has 0 atom stereocenters. The lowest BCUT2D eigenvalue weighted by atomic mass is 10.2. The molecule has 1 rings (SSSR count). The second kappa shape index (κ2) is 5.46. The van der Waals surface area contributed by atoms with Crippen LogP contribution in [0.5, 0.6) is 5.75 Å². The third kappa shape index (κ3) is 3.02. The maximum absolute atomic E-state index is 13.3. The van der Waals surface area contributed by atoms with E-state index in [9.17, 15) is 8.78 Å². The molecular formula is C11H13F2NO. The number of nitrogens with two attached hydrogens (primary N) is 1. The van der Waals surface area contributed by atoms with Crippen LogP contribution < -0.4 is 10.5 Å². The van der Waals surface area contributed by atoms with Crippen LogP contribution in [0.2, 0.25) is 0 Å². The zero-order valence-electron chi connectivity index (χ0n) is 8.30. The molecule has 2 N–H and O–H groups in total. The summed E-state index contributed by atoms with van der Waals surface area (Å²) in [5.74, 6) is -1.80. The highest BCUT2D eigenvalue weighted by Gasteiger charge is 2.11. The maximum Gasteiger partial charge on any atom is 0.190 e. The lowest BCUT2D eigenvalue weighted by Gasteiger charge is -2.08. The molecule has 1 aromatic rings. The van der Waals surface area contributed by atoms with Gasteiger partial charge in [-0.1, -0.05) is 6.08 Å². The van der Waals surface area contributed by atoms with Gasteiger partial charge in [0.15, 0.2) is 17.4 Å². The van der Waals surface area contributed by atoms with E-state index in [2.05, 4.69) is 6.58 Å². The lowest BCUT2D eigenvalue weighted by Crippen LogP contribution is -2.03. The Labute approximate surface area is 87.4 Å². The molecule has 82 valence electrons. The van der Waals surface area contributed by atoms with Crippen LogP contribution in [0.1, 0.15) is 12.0 Å². The first kappa shape index (κ1) is 11.7. The van der Waals surface area contributed by atoms with Crippen LogP contribution in [0.3, 0.4) is 0 Å². The van der Waals surface area contributed by atoms with Crippen LogP contribution >= 0.6 is 0 Å². The number of ether oxygens (including phenoxy) is 1. The van der Waals surface area contributed by atoms with Gasteiger partial charge in [0.1, 0.15) is 0 Å². The molecule has 0 fully saturated rings. The Morgan fingerprint density at radius 3 is 2.40 bits per heavy atom. The van der Waals surface area contributed by atoms with Gasteiger partial charge in [0.25, 0.3) is 0 Å². The average Bonchev–Trinajstić information content (AvgIpc) is 2.22. The molecule has 0 saturated heterocycles. The Hall–Kier alpha value is -1.42. The molecule has 0 radical (unpaired) electrons. The van der Waals surface area contributed by atoms with Gasteiger partial charge in [-0.05, 0) is 24.1 Å². The fourth-order valence-electron chi connectivity index (χ4n) is 1.11. The third-order valence-corrected chi connectivity index (χ3v) is 1.86. The predicted molar refractivity (Wildman–Crippen MR) is 54.6 cm³/mol. The first-order valence-electron chi connectivity index (χ1n) is 4.60. The van der Waals surface area contributed by atoms with Crippen molar-refractivity contribution in [1.29, 1.82) is 0 Å². The van der Waals surface area contributed by atoms with Crippen molar-refractivity contribution in [2.45, 2.75) is 13.0 Å². The smallest absolute Gasteiger partial charge is 0.190 e. The SMILES string of the molecule is C=CCCOc1c(F)cc(CN)cc1F. The van der Waals surface area contributed by atoms with Crippen LogP contribution in [0.15, 0.2) is 24.8 Å². The quantitative estimate of drug-likeness (QED) is 0.602. The zero-order valence-corrected chi connectivity index (χ0v) is 8.30. The van der Waals surface area contributed by atoms with E-state index in [4.69, 9.17) is 10.5 Å². The fraction of sp³-hybridized carbons (Fsp3) is 0.273. The van der Waals surface area contributed by atoms with Crippen molar-refractivity contribution >= 4 is 0 Å². The Morgan fingerprint density at radius 2 is 1.93 bits per heavy atom. The van der Waals surface area contributed by atoms with Gasteiger partial charge < -0.3 is 10.5 Å². The minimum absolute atomic E-state index is 0.0980. The number of rotatable bonds is 5.